The summed E-state index contributed by atoms with van der Waals surface area (Å²) in [6, 6.07) is 5.57. The van der Waals surface area contributed by atoms with Crippen molar-refractivity contribution in [2.45, 2.75) is 18.9 Å². The zero-order valence-electron chi connectivity index (χ0n) is 10.3. The number of carbonyl (C=O) groups is 1. The summed E-state index contributed by atoms with van der Waals surface area (Å²) >= 11 is 5.92. The van der Waals surface area contributed by atoms with Crippen LogP contribution in [0.25, 0.3) is 10.9 Å². The molecule has 0 saturated carbocycles. The molecule has 100 valence electrons. The molecule has 1 saturated heterocycles. The number of H-pyrrole nitrogens is 1. The van der Waals surface area contributed by atoms with Gasteiger partial charge in [0.05, 0.1) is 19.6 Å². The van der Waals surface area contributed by atoms with Gasteiger partial charge in [-0.1, -0.05) is 17.7 Å². The first-order chi connectivity index (χ1) is 9.22. The molecule has 1 aromatic carbocycles. The molecule has 0 spiro atoms. The van der Waals surface area contributed by atoms with Crippen LogP contribution >= 0.6 is 11.6 Å². The highest BCUT2D eigenvalue weighted by Crippen LogP contribution is 2.23. The average molecular weight is 280 g/mol. The van der Waals surface area contributed by atoms with Crippen molar-refractivity contribution in [3.8, 4) is 0 Å². The molecule has 1 aromatic heterocycles. The molecule has 1 aliphatic rings. The van der Waals surface area contributed by atoms with Gasteiger partial charge in [-0.05, 0) is 17.7 Å². The predicted molar refractivity (Wildman–Crippen MR) is 72.3 cm³/mol. The number of esters is 1. The van der Waals surface area contributed by atoms with Crippen molar-refractivity contribution in [2.24, 2.45) is 0 Å². The van der Waals surface area contributed by atoms with Crippen LogP contribution in [0, 0.1) is 0 Å². The summed E-state index contributed by atoms with van der Waals surface area (Å²) in [5.41, 5.74) is 1.86. The maximum Gasteiger partial charge on any atom is 0.310 e. The number of hydrogen-bond acceptors (Lipinski definition) is 3. The molecule has 4 nitrogen and oxygen atoms in total. The third-order valence-corrected chi connectivity index (χ3v) is 3.49. The fourth-order valence-corrected chi connectivity index (χ4v) is 2.47. The van der Waals surface area contributed by atoms with Gasteiger partial charge in [0.2, 0.25) is 0 Å². The second-order valence-corrected chi connectivity index (χ2v) is 5.09. The van der Waals surface area contributed by atoms with Gasteiger partial charge < -0.3 is 14.5 Å². The Bertz CT molecular complexity index is 602. The maximum absolute atomic E-state index is 11.9. The fourth-order valence-electron chi connectivity index (χ4n) is 2.29. The lowest BCUT2D eigenvalue weighted by molar-refractivity contribution is -0.148. The minimum atomic E-state index is -0.216. The minimum absolute atomic E-state index is 0.0906. The largest absolute Gasteiger partial charge is 0.460 e. The molecule has 3 rings (SSSR count). The van der Waals surface area contributed by atoms with E-state index in [9.17, 15) is 4.79 Å². The number of aromatic nitrogens is 1. The van der Waals surface area contributed by atoms with E-state index in [4.69, 9.17) is 21.1 Å². The van der Waals surface area contributed by atoms with Crippen LogP contribution in [0.1, 0.15) is 12.0 Å². The van der Waals surface area contributed by atoms with Crippen LogP contribution in [0.2, 0.25) is 5.02 Å². The van der Waals surface area contributed by atoms with E-state index in [1.165, 1.54) is 0 Å². The Kier molecular flexibility index (Phi) is 3.44. The number of halogens is 1. The fraction of sp³-hybridized carbons (Fsp3) is 0.357. The normalized spacial score (nSPS) is 18.9. The highest BCUT2D eigenvalue weighted by molar-refractivity contribution is 6.31. The van der Waals surface area contributed by atoms with Crippen molar-refractivity contribution in [1.82, 2.24) is 4.98 Å². The van der Waals surface area contributed by atoms with E-state index in [0.29, 0.717) is 18.2 Å². The van der Waals surface area contributed by atoms with Crippen LogP contribution in [0.5, 0.6) is 0 Å². The van der Waals surface area contributed by atoms with Crippen LogP contribution in [0.15, 0.2) is 24.4 Å². The standard InChI is InChI=1S/C14H14ClNO3/c15-10-1-2-12-9(7-16-13(12)6-10)5-14(17)19-11-3-4-18-8-11/h1-2,6-7,11,16H,3-5,8H2/t11-/m1/s1. The molecule has 0 amide bonds. The Labute approximate surface area is 115 Å². The number of aromatic amines is 1. The minimum Gasteiger partial charge on any atom is -0.460 e. The van der Waals surface area contributed by atoms with Crippen molar-refractivity contribution < 1.29 is 14.3 Å². The Hall–Kier alpha value is -1.52. The van der Waals surface area contributed by atoms with E-state index in [2.05, 4.69) is 4.98 Å². The third kappa shape index (κ3) is 2.74. The molecular formula is C14H14ClNO3. The summed E-state index contributed by atoms with van der Waals surface area (Å²) in [4.78, 5) is 15.0. The van der Waals surface area contributed by atoms with Crippen molar-refractivity contribution in [2.75, 3.05) is 13.2 Å². The number of ether oxygens (including phenoxy) is 2. The molecule has 0 radical (unpaired) electrons. The maximum atomic E-state index is 11.9. The molecule has 2 aromatic rings. The van der Waals surface area contributed by atoms with Crippen molar-refractivity contribution in [1.29, 1.82) is 0 Å². The Morgan fingerprint density at radius 1 is 1.53 bits per heavy atom. The number of rotatable bonds is 3. The van der Waals surface area contributed by atoms with Crippen molar-refractivity contribution >= 4 is 28.5 Å². The lowest BCUT2D eigenvalue weighted by Gasteiger charge is -2.09. The molecule has 0 aliphatic carbocycles. The zero-order valence-corrected chi connectivity index (χ0v) is 11.1. The molecular weight excluding hydrogens is 266 g/mol. The van der Waals surface area contributed by atoms with Crippen LogP contribution in [-0.4, -0.2) is 30.3 Å². The van der Waals surface area contributed by atoms with Crippen molar-refractivity contribution in [3.05, 3.63) is 35.0 Å². The van der Waals surface area contributed by atoms with E-state index in [1.807, 2.05) is 24.4 Å². The van der Waals surface area contributed by atoms with Gasteiger partial charge in [0.15, 0.2) is 0 Å². The van der Waals surface area contributed by atoms with Crippen LogP contribution in [0.3, 0.4) is 0 Å². The van der Waals surface area contributed by atoms with Crippen LogP contribution in [-0.2, 0) is 20.7 Å². The van der Waals surface area contributed by atoms with Gasteiger partial charge in [0.1, 0.15) is 6.10 Å². The van der Waals surface area contributed by atoms with E-state index in [0.717, 1.165) is 22.9 Å². The van der Waals surface area contributed by atoms with E-state index >= 15 is 0 Å². The van der Waals surface area contributed by atoms with Crippen LogP contribution < -0.4 is 0 Å². The van der Waals surface area contributed by atoms with Gasteiger partial charge in [0, 0.05) is 28.5 Å². The molecule has 1 atom stereocenters. The lowest BCUT2D eigenvalue weighted by Crippen LogP contribution is -2.19. The van der Waals surface area contributed by atoms with Gasteiger partial charge >= 0.3 is 5.97 Å². The molecule has 0 bridgehead atoms. The first-order valence-electron chi connectivity index (χ1n) is 6.25. The predicted octanol–water partition coefficient (Wildman–Crippen LogP) is 2.70. The van der Waals surface area contributed by atoms with Gasteiger partial charge in [-0.25, -0.2) is 0 Å². The summed E-state index contributed by atoms with van der Waals surface area (Å²) in [5, 5.41) is 1.68. The van der Waals surface area contributed by atoms with E-state index in [-0.39, 0.29) is 18.5 Å². The summed E-state index contributed by atoms with van der Waals surface area (Å²) in [5.74, 6) is -0.216. The molecule has 0 unspecified atom stereocenters. The smallest absolute Gasteiger partial charge is 0.310 e. The van der Waals surface area contributed by atoms with Gasteiger partial charge in [-0.2, -0.15) is 0 Å². The molecule has 2 heterocycles. The van der Waals surface area contributed by atoms with E-state index < -0.39 is 0 Å². The first kappa shape index (κ1) is 12.5. The number of hydrogen-bond donors (Lipinski definition) is 1. The Morgan fingerprint density at radius 2 is 2.42 bits per heavy atom. The SMILES string of the molecule is O=C(Cc1c[nH]c2cc(Cl)ccc12)O[C@@H]1CCOC1. The average Bonchev–Trinajstić information content (AvgIpc) is 2.99. The quantitative estimate of drug-likeness (QED) is 0.879. The second-order valence-electron chi connectivity index (χ2n) is 4.66. The molecule has 1 aliphatic heterocycles. The second kappa shape index (κ2) is 5.23. The summed E-state index contributed by atoms with van der Waals surface area (Å²) in [6.07, 6.45) is 2.79. The van der Waals surface area contributed by atoms with Gasteiger partial charge in [-0.3, -0.25) is 4.79 Å². The number of benzene rings is 1. The highest BCUT2D eigenvalue weighted by Gasteiger charge is 2.20. The van der Waals surface area contributed by atoms with Crippen LogP contribution in [0.4, 0.5) is 0 Å². The lowest BCUT2D eigenvalue weighted by atomic mass is 10.1. The zero-order chi connectivity index (χ0) is 13.2. The third-order valence-electron chi connectivity index (χ3n) is 3.25. The summed E-state index contributed by atoms with van der Waals surface area (Å²) in [6.45, 7) is 1.18. The van der Waals surface area contributed by atoms with Crippen molar-refractivity contribution in [3.63, 3.8) is 0 Å². The molecule has 19 heavy (non-hydrogen) atoms. The van der Waals surface area contributed by atoms with E-state index in [1.54, 1.807) is 0 Å². The summed E-state index contributed by atoms with van der Waals surface area (Å²) < 4.78 is 10.5. The molecule has 1 fully saturated rings. The summed E-state index contributed by atoms with van der Waals surface area (Å²) in [7, 11) is 0. The highest BCUT2D eigenvalue weighted by atomic mass is 35.5. The Morgan fingerprint density at radius 3 is 3.21 bits per heavy atom. The first-order valence-corrected chi connectivity index (χ1v) is 6.63. The molecule has 5 heteroatoms. The number of fused-ring (bicyclic) bond motifs is 1. The van der Waals surface area contributed by atoms with Gasteiger partial charge in [0.25, 0.3) is 0 Å². The number of carbonyl (C=O) groups excluding carboxylic acids is 1. The Balaban J connectivity index is 1.72. The molecule has 1 N–H and O–H groups in total. The topological polar surface area (TPSA) is 51.3 Å². The number of nitrogens with one attached hydrogen (secondary N) is 1. The van der Waals surface area contributed by atoms with Gasteiger partial charge in [-0.15, -0.1) is 0 Å². The monoisotopic (exact) mass is 279 g/mol.